The van der Waals surface area contributed by atoms with E-state index in [0.717, 1.165) is 5.56 Å². The largest absolute Gasteiger partial charge is 0.479 e. The van der Waals surface area contributed by atoms with Crippen LogP contribution in [0.15, 0.2) is 42.5 Å². The van der Waals surface area contributed by atoms with Crippen LogP contribution in [0.25, 0.3) is 0 Å². The van der Waals surface area contributed by atoms with Gasteiger partial charge in [0.2, 0.25) is 0 Å². The van der Waals surface area contributed by atoms with Gasteiger partial charge in [-0.2, -0.15) is 0 Å². The summed E-state index contributed by atoms with van der Waals surface area (Å²) in [6, 6.07) is 12.3. The van der Waals surface area contributed by atoms with Crippen molar-refractivity contribution in [2.75, 3.05) is 17.7 Å². The van der Waals surface area contributed by atoms with E-state index in [1.54, 1.807) is 44.4 Å². The molecule has 1 aliphatic heterocycles. The van der Waals surface area contributed by atoms with Crippen LogP contribution in [0.3, 0.4) is 0 Å². The number of hydrogen-bond donors (Lipinski definition) is 2. The SMILES string of the molecule is COCc1ccc(C(=O)Nc2ccc3c(c2)NC(=O)[C@@H](C)O3)cc1. The first-order valence-electron chi connectivity index (χ1n) is 7.57. The number of carbonyl (C=O) groups is 2. The van der Waals surface area contributed by atoms with Crippen molar-refractivity contribution < 1.29 is 19.1 Å². The normalized spacial score (nSPS) is 15.9. The third-order valence-electron chi connectivity index (χ3n) is 3.70. The van der Waals surface area contributed by atoms with Crippen LogP contribution in [0.4, 0.5) is 11.4 Å². The molecule has 6 nitrogen and oxygen atoms in total. The van der Waals surface area contributed by atoms with Crippen LogP contribution in [0, 0.1) is 0 Å². The van der Waals surface area contributed by atoms with Crippen LogP contribution in [0.5, 0.6) is 5.75 Å². The number of hydrogen-bond acceptors (Lipinski definition) is 4. The summed E-state index contributed by atoms with van der Waals surface area (Å²) in [4.78, 5) is 24.0. The minimum atomic E-state index is -0.524. The zero-order chi connectivity index (χ0) is 17.1. The van der Waals surface area contributed by atoms with Crippen molar-refractivity contribution in [3.63, 3.8) is 0 Å². The molecule has 2 aromatic carbocycles. The number of benzene rings is 2. The Morgan fingerprint density at radius 1 is 1.25 bits per heavy atom. The maximum absolute atomic E-state index is 12.3. The van der Waals surface area contributed by atoms with E-state index in [-0.39, 0.29) is 11.8 Å². The molecule has 0 spiro atoms. The van der Waals surface area contributed by atoms with Gasteiger partial charge in [-0.15, -0.1) is 0 Å². The van der Waals surface area contributed by atoms with Crippen LogP contribution in [-0.2, 0) is 16.1 Å². The molecule has 124 valence electrons. The predicted molar refractivity (Wildman–Crippen MR) is 90.3 cm³/mol. The minimum absolute atomic E-state index is 0.209. The van der Waals surface area contributed by atoms with Gasteiger partial charge >= 0.3 is 0 Å². The number of amides is 2. The molecule has 1 aliphatic rings. The number of nitrogens with one attached hydrogen (secondary N) is 2. The summed E-state index contributed by atoms with van der Waals surface area (Å²) < 4.78 is 10.5. The van der Waals surface area contributed by atoms with Crippen LogP contribution < -0.4 is 15.4 Å². The molecule has 0 unspecified atom stereocenters. The quantitative estimate of drug-likeness (QED) is 0.906. The summed E-state index contributed by atoms with van der Waals surface area (Å²) in [6.45, 7) is 2.19. The molecule has 6 heteroatoms. The fourth-order valence-electron chi connectivity index (χ4n) is 2.41. The average Bonchev–Trinajstić information content (AvgIpc) is 2.57. The summed E-state index contributed by atoms with van der Waals surface area (Å²) in [5.41, 5.74) is 2.67. The maximum Gasteiger partial charge on any atom is 0.265 e. The fraction of sp³-hybridized carbons (Fsp3) is 0.222. The first-order chi connectivity index (χ1) is 11.6. The van der Waals surface area contributed by atoms with Crippen LogP contribution in [0.2, 0.25) is 0 Å². The molecule has 1 atom stereocenters. The molecule has 24 heavy (non-hydrogen) atoms. The molecule has 0 aliphatic carbocycles. The Kier molecular flexibility index (Phi) is 4.48. The second kappa shape index (κ2) is 6.72. The lowest BCUT2D eigenvalue weighted by Gasteiger charge is -2.23. The van der Waals surface area contributed by atoms with Gasteiger partial charge < -0.3 is 20.1 Å². The number of fused-ring (bicyclic) bond motifs is 1. The molecule has 2 aromatic rings. The third kappa shape index (κ3) is 3.38. The molecule has 1 heterocycles. The first-order valence-corrected chi connectivity index (χ1v) is 7.57. The van der Waals surface area contributed by atoms with Crippen LogP contribution >= 0.6 is 0 Å². The highest BCUT2D eigenvalue weighted by atomic mass is 16.5. The van der Waals surface area contributed by atoms with Crippen molar-refractivity contribution in [3.8, 4) is 5.75 Å². The summed E-state index contributed by atoms with van der Waals surface area (Å²) in [5.74, 6) is 0.152. The minimum Gasteiger partial charge on any atom is -0.479 e. The Morgan fingerprint density at radius 3 is 2.71 bits per heavy atom. The second-order valence-electron chi connectivity index (χ2n) is 5.54. The molecular weight excluding hydrogens is 308 g/mol. The molecular formula is C18H18N2O4. The zero-order valence-electron chi connectivity index (χ0n) is 13.5. The summed E-state index contributed by atoms with van der Waals surface area (Å²) >= 11 is 0. The predicted octanol–water partition coefficient (Wildman–Crippen LogP) is 2.80. The van der Waals surface area contributed by atoms with Crippen LogP contribution in [-0.4, -0.2) is 25.0 Å². The lowest BCUT2D eigenvalue weighted by Crippen LogP contribution is -2.34. The molecule has 0 aromatic heterocycles. The lowest BCUT2D eigenvalue weighted by atomic mass is 10.1. The molecule has 3 rings (SSSR count). The highest BCUT2D eigenvalue weighted by Gasteiger charge is 2.23. The molecule has 0 fully saturated rings. The summed E-state index contributed by atoms with van der Waals surface area (Å²) in [7, 11) is 1.62. The van der Waals surface area contributed by atoms with Gasteiger partial charge in [0.15, 0.2) is 6.10 Å². The Hall–Kier alpha value is -2.86. The monoisotopic (exact) mass is 326 g/mol. The second-order valence-corrected chi connectivity index (χ2v) is 5.54. The third-order valence-corrected chi connectivity index (χ3v) is 3.70. The highest BCUT2D eigenvalue weighted by molar-refractivity contribution is 6.05. The van der Waals surface area contributed by atoms with Crippen molar-refractivity contribution >= 4 is 23.2 Å². The Bertz CT molecular complexity index is 771. The number of ether oxygens (including phenoxy) is 2. The molecule has 0 bridgehead atoms. The van der Waals surface area contributed by atoms with Crippen LogP contribution in [0.1, 0.15) is 22.8 Å². The van der Waals surface area contributed by atoms with Gasteiger partial charge in [-0.3, -0.25) is 9.59 Å². The van der Waals surface area contributed by atoms with Crippen molar-refractivity contribution in [1.82, 2.24) is 0 Å². The van der Waals surface area contributed by atoms with E-state index in [0.29, 0.717) is 29.3 Å². The van der Waals surface area contributed by atoms with Crippen molar-refractivity contribution in [2.45, 2.75) is 19.6 Å². The smallest absolute Gasteiger partial charge is 0.265 e. The number of methoxy groups -OCH3 is 1. The topological polar surface area (TPSA) is 76.7 Å². The standard InChI is InChI=1S/C18H18N2O4/c1-11-17(21)20-15-9-14(7-8-16(15)24-11)19-18(22)13-5-3-12(4-6-13)10-23-2/h3-9,11H,10H2,1-2H3,(H,19,22)(H,20,21)/t11-/m1/s1. The number of anilines is 2. The van der Waals surface area contributed by atoms with Gasteiger partial charge in [0.25, 0.3) is 11.8 Å². The fourth-order valence-corrected chi connectivity index (χ4v) is 2.41. The molecule has 0 saturated carbocycles. The molecule has 2 N–H and O–H groups in total. The Balaban J connectivity index is 1.73. The van der Waals surface area contributed by atoms with Gasteiger partial charge in [0.05, 0.1) is 12.3 Å². The van der Waals surface area contributed by atoms with E-state index >= 15 is 0 Å². The van der Waals surface area contributed by atoms with E-state index in [2.05, 4.69) is 10.6 Å². The van der Waals surface area contributed by atoms with E-state index in [4.69, 9.17) is 9.47 Å². The molecule has 2 amide bonds. The maximum atomic E-state index is 12.3. The van der Waals surface area contributed by atoms with Gasteiger partial charge in [-0.25, -0.2) is 0 Å². The highest BCUT2D eigenvalue weighted by Crippen LogP contribution is 2.32. The zero-order valence-corrected chi connectivity index (χ0v) is 13.5. The van der Waals surface area contributed by atoms with Gasteiger partial charge in [-0.05, 0) is 42.8 Å². The van der Waals surface area contributed by atoms with Gasteiger partial charge in [-0.1, -0.05) is 12.1 Å². The van der Waals surface area contributed by atoms with E-state index < -0.39 is 6.10 Å². The summed E-state index contributed by atoms with van der Waals surface area (Å²) in [5, 5.41) is 5.56. The summed E-state index contributed by atoms with van der Waals surface area (Å²) in [6.07, 6.45) is -0.524. The van der Waals surface area contributed by atoms with Crippen molar-refractivity contribution in [3.05, 3.63) is 53.6 Å². The van der Waals surface area contributed by atoms with Crippen molar-refractivity contribution in [2.24, 2.45) is 0 Å². The van der Waals surface area contributed by atoms with E-state index in [1.807, 2.05) is 12.1 Å². The van der Waals surface area contributed by atoms with Crippen molar-refractivity contribution in [1.29, 1.82) is 0 Å². The van der Waals surface area contributed by atoms with Gasteiger partial charge in [0.1, 0.15) is 5.75 Å². The Labute approximate surface area is 139 Å². The number of carbonyl (C=O) groups excluding carboxylic acids is 2. The average molecular weight is 326 g/mol. The van der Waals surface area contributed by atoms with Gasteiger partial charge in [0, 0.05) is 18.4 Å². The van der Waals surface area contributed by atoms with E-state index in [9.17, 15) is 9.59 Å². The number of rotatable bonds is 4. The lowest BCUT2D eigenvalue weighted by molar-refractivity contribution is -0.122. The first kappa shape index (κ1) is 16.0. The van der Waals surface area contributed by atoms with E-state index in [1.165, 1.54) is 0 Å². The molecule has 0 radical (unpaired) electrons. The molecule has 0 saturated heterocycles. The Morgan fingerprint density at radius 2 is 2.00 bits per heavy atom.